The molecule has 28 heavy (non-hydrogen) atoms. The largest absolute Gasteiger partial charge is 0.337 e. The van der Waals surface area contributed by atoms with Crippen LogP contribution in [-0.4, -0.2) is 26.1 Å². The molecule has 3 N–H and O–H groups in total. The smallest absolute Gasteiger partial charge is 0.261 e. The number of carbonyl (C=O) groups is 1. The molecular formula is C20H17F2N5O. The van der Waals surface area contributed by atoms with Crippen molar-refractivity contribution in [1.82, 2.24) is 20.2 Å². The zero-order valence-corrected chi connectivity index (χ0v) is 15.0. The van der Waals surface area contributed by atoms with Gasteiger partial charge in [0.05, 0.1) is 23.8 Å². The highest BCUT2D eigenvalue weighted by Gasteiger charge is 2.20. The molecule has 2 aromatic heterocycles. The minimum absolute atomic E-state index is 0.234. The van der Waals surface area contributed by atoms with Crippen molar-refractivity contribution in [2.45, 2.75) is 6.92 Å². The molecule has 3 aromatic rings. The quantitative estimate of drug-likeness (QED) is 0.551. The molecular weight excluding hydrogens is 364 g/mol. The maximum atomic E-state index is 13.8. The summed E-state index contributed by atoms with van der Waals surface area (Å²) >= 11 is 0. The molecule has 2 heterocycles. The van der Waals surface area contributed by atoms with Crippen LogP contribution in [0.3, 0.4) is 0 Å². The highest BCUT2D eigenvalue weighted by molar-refractivity contribution is 6.06. The molecule has 0 unspecified atom stereocenters. The number of hydrogen-bond donors (Lipinski definition) is 3. The second-order valence-corrected chi connectivity index (χ2v) is 5.69. The Hall–Kier alpha value is -3.81. The predicted octanol–water partition coefficient (Wildman–Crippen LogP) is 4.48. The fraction of sp³-hybridized carbons (Fsp3) is 0.0500. The average Bonchev–Trinajstić information content (AvgIpc) is 3.31. The van der Waals surface area contributed by atoms with Gasteiger partial charge in [0.1, 0.15) is 22.9 Å². The molecule has 0 bridgehead atoms. The molecule has 0 saturated carbocycles. The summed E-state index contributed by atoms with van der Waals surface area (Å²) in [5.74, 6) is -2.42. The summed E-state index contributed by atoms with van der Waals surface area (Å²) in [4.78, 5) is 19.7. The lowest BCUT2D eigenvalue weighted by Gasteiger charge is -2.06. The number of amides is 1. The maximum absolute atomic E-state index is 13.8. The fourth-order valence-corrected chi connectivity index (χ4v) is 2.57. The van der Waals surface area contributed by atoms with Crippen molar-refractivity contribution in [3.8, 4) is 11.5 Å². The Kier molecular flexibility index (Phi) is 5.59. The van der Waals surface area contributed by atoms with E-state index < -0.39 is 23.1 Å². The van der Waals surface area contributed by atoms with E-state index in [-0.39, 0.29) is 5.69 Å². The van der Waals surface area contributed by atoms with Crippen molar-refractivity contribution in [2.75, 3.05) is 5.32 Å². The van der Waals surface area contributed by atoms with Crippen molar-refractivity contribution in [3.05, 3.63) is 84.4 Å². The molecule has 3 rings (SSSR count). The van der Waals surface area contributed by atoms with Gasteiger partial charge in [-0.05, 0) is 24.6 Å². The number of aromatic nitrogens is 4. The molecule has 1 aromatic carbocycles. The zero-order valence-electron chi connectivity index (χ0n) is 15.0. The SMILES string of the molecule is C=C/C=C\C(=C/C)c1cnc(-c2[nH]ncc2NC(=O)c2c(F)cccc2F)[nH]1. The highest BCUT2D eigenvalue weighted by atomic mass is 19.1. The molecule has 0 fully saturated rings. The number of nitrogens with zero attached hydrogens (tertiary/aromatic N) is 2. The molecule has 0 spiro atoms. The molecule has 0 aliphatic carbocycles. The van der Waals surface area contributed by atoms with E-state index in [2.05, 4.69) is 32.1 Å². The second-order valence-electron chi connectivity index (χ2n) is 5.69. The van der Waals surface area contributed by atoms with Crippen molar-refractivity contribution < 1.29 is 13.6 Å². The highest BCUT2D eigenvalue weighted by Crippen LogP contribution is 2.26. The average molecular weight is 381 g/mol. The van der Waals surface area contributed by atoms with Crippen molar-refractivity contribution >= 4 is 17.2 Å². The van der Waals surface area contributed by atoms with E-state index in [0.29, 0.717) is 11.5 Å². The van der Waals surface area contributed by atoms with E-state index in [1.807, 2.05) is 19.1 Å². The van der Waals surface area contributed by atoms with Gasteiger partial charge in [-0.15, -0.1) is 0 Å². The standard InChI is InChI=1S/C20H17F2N5O/c1-3-5-7-12(4-2)15-10-23-19(25-15)18-16(11-24-27-18)26-20(28)17-13(21)8-6-9-14(17)22/h3-11H,1H2,2H3,(H,23,25)(H,24,27)(H,26,28)/b7-5-,12-4+. The van der Waals surface area contributed by atoms with E-state index in [9.17, 15) is 13.6 Å². The molecule has 0 atom stereocenters. The van der Waals surface area contributed by atoms with E-state index in [1.165, 1.54) is 12.3 Å². The van der Waals surface area contributed by atoms with Crippen LogP contribution in [0.2, 0.25) is 0 Å². The Labute approximate surface area is 159 Å². The first-order valence-corrected chi connectivity index (χ1v) is 8.35. The summed E-state index contributed by atoms with van der Waals surface area (Å²) in [6, 6.07) is 3.22. The molecule has 0 saturated heterocycles. The number of hydrogen-bond acceptors (Lipinski definition) is 3. The van der Waals surface area contributed by atoms with E-state index in [1.54, 1.807) is 18.3 Å². The number of aromatic amines is 2. The Morgan fingerprint density at radius 2 is 2.00 bits per heavy atom. The zero-order chi connectivity index (χ0) is 20.1. The van der Waals surface area contributed by atoms with Crippen molar-refractivity contribution in [2.24, 2.45) is 0 Å². The van der Waals surface area contributed by atoms with Gasteiger partial charge in [-0.3, -0.25) is 9.89 Å². The first-order valence-electron chi connectivity index (χ1n) is 8.35. The molecule has 1 amide bonds. The maximum Gasteiger partial charge on any atom is 0.261 e. The second kappa shape index (κ2) is 8.26. The van der Waals surface area contributed by atoms with Crippen LogP contribution in [0.4, 0.5) is 14.5 Å². The summed E-state index contributed by atoms with van der Waals surface area (Å²) in [7, 11) is 0. The normalized spacial score (nSPS) is 11.8. The number of carbonyl (C=O) groups excluding carboxylic acids is 1. The topological polar surface area (TPSA) is 86.5 Å². The van der Waals surface area contributed by atoms with E-state index in [0.717, 1.165) is 23.4 Å². The number of anilines is 1. The molecule has 0 aliphatic rings. The summed E-state index contributed by atoms with van der Waals surface area (Å²) in [6.45, 7) is 5.52. The van der Waals surface area contributed by atoms with Crippen LogP contribution in [0.25, 0.3) is 17.1 Å². The number of imidazole rings is 1. The first kappa shape index (κ1) is 19.0. The lowest BCUT2D eigenvalue weighted by atomic mass is 10.1. The summed E-state index contributed by atoms with van der Waals surface area (Å²) in [5.41, 5.74) is 1.57. The van der Waals surface area contributed by atoms with Crippen LogP contribution >= 0.6 is 0 Å². The predicted molar refractivity (Wildman–Crippen MR) is 103 cm³/mol. The third kappa shape index (κ3) is 3.80. The molecule has 8 heteroatoms. The number of halogens is 2. The van der Waals surface area contributed by atoms with Crippen LogP contribution in [0.15, 0.2) is 61.5 Å². The van der Waals surface area contributed by atoms with Gasteiger partial charge in [-0.1, -0.05) is 36.9 Å². The molecule has 6 nitrogen and oxygen atoms in total. The summed E-state index contributed by atoms with van der Waals surface area (Å²) in [6.07, 6.45) is 10.2. The van der Waals surface area contributed by atoms with Gasteiger partial charge in [-0.2, -0.15) is 5.10 Å². The van der Waals surface area contributed by atoms with Crippen LogP contribution in [0.1, 0.15) is 23.0 Å². The van der Waals surface area contributed by atoms with Crippen LogP contribution in [0.5, 0.6) is 0 Å². The Bertz CT molecular complexity index is 1060. The first-order chi connectivity index (χ1) is 13.5. The van der Waals surface area contributed by atoms with Gasteiger partial charge in [-0.25, -0.2) is 13.8 Å². The number of rotatable bonds is 6. The lowest BCUT2D eigenvalue weighted by Crippen LogP contribution is -2.16. The Morgan fingerprint density at radius 3 is 2.68 bits per heavy atom. The number of benzene rings is 1. The third-order valence-electron chi connectivity index (χ3n) is 3.92. The lowest BCUT2D eigenvalue weighted by molar-refractivity contribution is 0.101. The minimum atomic E-state index is -0.949. The molecule has 142 valence electrons. The number of nitrogens with one attached hydrogen (secondary N) is 3. The minimum Gasteiger partial charge on any atom is -0.337 e. The number of allylic oxidation sites excluding steroid dienone is 5. The molecule has 0 aliphatic heterocycles. The Morgan fingerprint density at radius 1 is 1.25 bits per heavy atom. The third-order valence-corrected chi connectivity index (χ3v) is 3.92. The number of H-pyrrole nitrogens is 2. The monoisotopic (exact) mass is 381 g/mol. The van der Waals surface area contributed by atoms with Gasteiger partial charge < -0.3 is 10.3 Å². The summed E-state index contributed by atoms with van der Waals surface area (Å²) < 4.78 is 27.6. The molecule has 0 radical (unpaired) electrons. The van der Waals surface area contributed by atoms with Crippen LogP contribution in [0, 0.1) is 11.6 Å². The van der Waals surface area contributed by atoms with Crippen LogP contribution < -0.4 is 5.32 Å². The fourth-order valence-electron chi connectivity index (χ4n) is 2.57. The van der Waals surface area contributed by atoms with Gasteiger partial charge in [0, 0.05) is 0 Å². The van der Waals surface area contributed by atoms with Gasteiger partial charge in [0.25, 0.3) is 5.91 Å². The van der Waals surface area contributed by atoms with E-state index in [4.69, 9.17) is 0 Å². The van der Waals surface area contributed by atoms with Crippen molar-refractivity contribution in [3.63, 3.8) is 0 Å². The van der Waals surface area contributed by atoms with Crippen molar-refractivity contribution in [1.29, 1.82) is 0 Å². The van der Waals surface area contributed by atoms with E-state index >= 15 is 0 Å². The van der Waals surface area contributed by atoms with Crippen LogP contribution in [-0.2, 0) is 0 Å². The van der Waals surface area contributed by atoms with Gasteiger partial charge in [0.15, 0.2) is 5.82 Å². The van der Waals surface area contributed by atoms with Gasteiger partial charge >= 0.3 is 0 Å². The Balaban J connectivity index is 1.88. The summed E-state index contributed by atoms with van der Waals surface area (Å²) in [5, 5.41) is 9.07. The van der Waals surface area contributed by atoms with Gasteiger partial charge in [0.2, 0.25) is 0 Å².